The Bertz CT molecular complexity index is 581. The summed E-state index contributed by atoms with van der Waals surface area (Å²) in [5.74, 6) is 0.423. The van der Waals surface area contributed by atoms with E-state index in [4.69, 9.17) is 0 Å². The zero-order chi connectivity index (χ0) is 18.9. The zero-order valence-electron chi connectivity index (χ0n) is 16.2. The van der Waals surface area contributed by atoms with Gasteiger partial charge >= 0.3 is 0 Å². The maximum Gasteiger partial charge on any atom is 0.191 e. The molecule has 0 radical (unpaired) electrons. The van der Waals surface area contributed by atoms with Gasteiger partial charge in [0.1, 0.15) is 11.6 Å². The molecule has 0 aliphatic carbocycles. The maximum absolute atomic E-state index is 13.7. The Hall–Kier alpha value is -1.69. The summed E-state index contributed by atoms with van der Waals surface area (Å²) in [6.07, 6.45) is 2.66. The van der Waals surface area contributed by atoms with Crippen molar-refractivity contribution in [3.63, 3.8) is 0 Å². The number of nitrogens with zero attached hydrogens (tertiary/aromatic N) is 2. The van der Waals surface area contributed by atoms with Crippen molar-refractivity contribution in [3.05, 3.63) is 35.4 Å². The topological polar surface area (TPSA) is 39.7 Å². The first-order valence-corrected chi connectivity index (χ1v) is 9.69. The average Bonchev–Trinajstić information content (AvgIpc) is 2.58. The van der Waals surface area contributed by atoms with Crippen molar-refractivity contribution >= 4 is 5.96 Å². The Morgan fingerprint density at radius 3 is 2.62 bits per heavy atom. The number of rotatable bonds is 7. The molecule has 0 unspecified atom stereocenters. The fourth-order valence-corrected chi connectivity index (χ4v) is 3.30. The molecule has 1 fully saturated rings. The van der Waals surface area contributed by atoms with Crippen molar-refractivity contribution in [2.24, 2.45) is 10.9 Å². The van der Waals surface area contributed by atoms with Crippen LogP contribution in [0.1, 0.15) is 39.2 Å². The molecule has 1 saturated heterocycles. The van der Waals surface area contributed by atoms with E-state index in [0.717, 1.165) is 51.0 Å². The van der Waals surface area contributed by atoms with E-state index in [1.165, 1.54) is 12.1 Å². The van der Waals surface area contributed by atoms with Gasteiger partial charge in [-0.05, 0) is 43.7 Å². The van der Waals surface area contributed by atoms with E-state index in [1.807, 2.05) is 6.92 Å². The molecule has 0 saturated carbocycles. The fraction of sp³-hybridized carbons (Fsp3) is 0.650. The minimum Gasteiger partial charge on any atom is -0.357 e. The Kier molecular flexibility index (Phi) is 8.29. The second-order valence-electron chi connectivity index (χ2n) is 7.36. The van der Waals surface area contributed by atoms with Gasteiger partial charge in [-0.2, -0.15) is 0 Å². The minimum absolute atomic E-state index is 0.416. The molecule has 0 amide bonds. The van der Waals surface area contributed by atoms with Crippen molar-refractivity contribution in [1.29, 1.82) is 0 Å². The molecular formula is C20H32F2N4. The summed E-state index contributed by atoms with van der Waals surface area (Å²) < 4.78 is 26.7. The van der Waals surface area contributed by atoms with E-state index in [1.54, 1.807) is 0 Å². The van der Waals surface area contributed by atoms with E-state index >= 15 is 0 Å². The van der Waals surface area contributed by atoms with Crippen molar-refractivity contribution in [2.45, 2.75) is 46.1 Å². The molecule has 4 nitrogen and oxygen atoms in total. The predicted molar refractivity (Wildman–Crippen MR) is 103 cm³/mol. The van der Waals surface area contributed by atoms with Crippen LogP contribution < -0.4 is 10.6 Å². The number of hydrogen-bond acceptors (Lipinski definition) is 2. The molecule has 26 heavy (non-hydrogen) atoms. The lowest BCUT2D eigenvalue weighted by Gasteiger charge is -2.34. The second-order valence-corrected chi connectivity index (χ2v) is 7.36. The predicted octanol–water partition coefficient (Wildman–Crippen LogP) is 3.18. The molecule has 1 aliphatic heterocycles. The molecule has 0 aromatic heterocycles. The van der Waals surface area contributed by atoms with E-state index < -0.39 is 11.6 Å². The zero-order valence-corrected chi connectivity index (χ0v) is 16.2. The van der Waals surface area contributed by atoms with Crippen LogP contribution >= 0.6 is 0 Å². The van der Waals surface area contributed by atoms with Crippen molar-refractivity contribution in [2.75, 3.05) is 32.7 Å². The summed E-state index contributed by atoms with van der Waals surface area (Å²) in [7, 11) is 0. The van der Waals surface area contributed by atoms with Crippen molar-refractivity contribution < 1.29 is 8.78 Å². The summed E-state index contributed by atoms with van der Waals surface area (Å²) in [5, 5.41) is 6.75. The van der Waals surface area contributed by atoms with Crippen LogP contribution in [0.3, 0.4) is 0 Å². The molecule has 1 aliphatic rings. The maximum atomic E-state index is 13.7. The first-order chi connectivity index (χ1) is 12.5. The van der Waals surface area contributed by atoms with Gasteiger partial charge in [-0.25, -0.2) is 8.78 Å². The summed E-state index contributed by atoms with van der Waals surface area (Å²) in [6.45, 7) is 11.2. The van der Waals surface area contributed by atoms with Gasteiger partial charge in [-0.3, -0.25) is 4.99 Å². The van der Waals surface area contributed by atoms with Crippen LogP contribution in [0.5, 0.6) is 0 Å². The Balaban J connectivity index is 1.83. The van der Waals surface area contributed by atoms with Gasteiger partial charge < -0.3 is 15.5 Å². The highest BCUT2D eigenvalue weighted by atomic mass is 19.1. The number of guanidine groups is 1. The van der Waals surface area contributed by atoms with Gasteiger partial charge in [0.2, 0.25) is 0 Å². The number of halogens is 2. The summed E-state index contributed by atoms with van der Waals surface area (Å²) in [4.78, 5) is 7.07. The van der Waals surface area contributed by atoms with Crippen LogP contribution in [-0.4, -0.2) is 49.6 Å². The number of likely N-dealkylation sites (tertiary alicyclic amines) is 1. The lowest BCUT2D eigenvalue weighted by Crippen LogP contribution is -2.49. The molecule has 0 atom stereocenters. The first-order valence-electron chi connectivity index (χ1n) is 9.69. The second kappa shape index (κ2) is 10.5. The molecule has 2 rings (SSSR count). The molecular weight excluding hydrogens is 334 g/mol. The van der Waals surface area contributed by atoms with Crippen molar-refractivity contribution in [3.8, 4) is 0 Å². The highest BCUT2D eigenvalue weighted by Gasteiger charge is 2.20. The standard InChI is InChI=1S/C20H32F2N4/c1-4-23-20(24-10-7-16-5-6-17(21)13-19(16)22)25-18-8-11-26(12-9-18)14-15(2)3/h5-6,13,15,18H,4,7-12,14H2,1-3H3,(H2,23,24,25). The van der Waals surface area contributed by atoms with Gasteiger partial charge in [0.15, 0.2) is 5.96 Å². The third-order valence-electron chi connectivity index (χ3n) is 4.56. The fourth-order valence-electron chi connectivity index (χ4n) is 3.30. The SMILES string of the molecule is CCNC(=NCCc1ccc(F)cc1F)NC1CCN(CC(C)C)CC1. The Morgan fingerprint density at radius 1 is 1.27 bits per heavy atom. The average molecular weight is 367 g/mol. The number of piperidine rings is 1. The van der Waals surface area contributed by atoms with E-state index in [9.17, 15) is 8.78 Å². The Labute approximate surface area is 156 Å². The molecule has 0 spiro atoms. The van der Waals surface area contributed by atoms with Crippen LogP contribution in [0.2, 0.25) is 0 Å². The third-order valence-corrected chi connectivity index (χ3v) is 4.56. The highest BCUT2D eigenvalue weighted by molar-refractivity contribution is 5.80. The largest absolute Gasteiger partial charge is 0.357 e. The lowest BCUT2D eigenvalue weighted by atomic mass is 10.0. The number of benzene rings is 1. The molecule has 0 bridgehead atoms. The van der Waals surface area contributed by atoms with Crippen molar-refractivity contribution in [1.82, 2.24) is 15.5 Å². The van der Waals surface area contributed by atoms with Gasteiger partial charge in [0, 0.05) is 44.8 Å². The molecule has 146 valence electrons. The first kappa shape index (κ1) is 20.6. The van der Waals surface area contributed by atoms with Crippen LogP contribution in [0.25, 0.3) is 0 Å². The van der Waals surface area contributed by atoms with Crippen LogP contribution in [0.4, 0.5) is 8.78 Å². The van der Waals surface area contributed by atoms with E-state index in [2.05, 4.69) is 34.4 Å². The van der Waals surface area contributed by atoms with Crippen LogP contribution in [0.15, 0.2) is 23.2 Å². The minimum atomic E-state index is -0.548. The molecule has 6 heteroatoms. The van der Waals surface area contributed by atoms with Crippen LogP contribution in [0, 0.1) is 17.6 Å². The van der Waals surface area contributed by atoms with Gasteiger partial charge in [0.05, 0.1) is 0 Å². The quantitative estimate of drug-likeness (QED) is 0.575. The molecule has 1 heterocycles. The molecule has 2 N–H and O–H groups in total. The highest BCUT2D eigenvalue weighted by Crippen LogP contribution is 2.12. The third kappa shape index (κ3) is 6.90. The number of nitrogens with one attached hydrogen (secondary N) is 2. The number of aliphatic imine (C=N–C) groups is 1. The Morgan fingerprint density at radius 2 is 2.00 bits per heavy atom. The molecule has 1 aromatic carbocycles. The smallest absolute Gasteiger partial charge is 0.191 e. The van der Waals surface area contributed by atoms with Crippen LogP contribution in [-0.2, 0) is 6.42 Å². The monoisotopic (exact) mass is 366 g/mol. The van der Waals surface area contributed by atoms with E-state index in [0.29, 0.717) is 30.5 Å². The molecule has 1 aromatic rings. The normalized spacial score (nSPS) is 16.9. The summed E-state index contributed by atoms with van der Waals surface area (Å²) in [6, 6.07) is 4.12. The van der Waals surface area contributed by atoms with E-state index in [-0.39, 0.29) is 0 Å². The number of hydrogen-bond donors (Lipinski definition) is 2. The summed E-state index contributed by atoms with van der Waals surface area (Å²) >= 11 is 0. The van der Waals surface area contributed by atoms with Gasteiger partial charge in [0.25, 0.3) is 0 Å². The lowest BCUT2D eigenvalue weighted by molar-refractivity contribution is 0.187. The summed E-state index contributed by atoms with van der Waals surface area (Å²) in [5.41, 5.74) is 0.494. The van der Waals surface area contributed by atoms with Gasteiger partial charge in [-0.15, -0.1) is 0 Å². The van der Waals surface area contributed by atoms with Gasteiger partial charge in [-0.1, -0.05) is 19.9 Å².